The Morgan fingerprint density at radius 2 is 1.92 bits per heavy atom. The number of carbonyl (C=O) groups is 1. The predicted octanol–water partition coefficient (Wildman–Crippen LogP) is 2.22. The monoisotopic (exact) mass is 394 g/mol. The highest BCUT2D eigenvalue weighted by molar-refractivity contribution is 7.89. The number of carbonyl (C=O) groups excluding carboxylic acids is 1. The van der Waals surface area contributed by atoms with E-state index in [1.54, 1.807) is 23.1 Å². The molecule has 26 heavy (non-hydrogen) atoms. The lowest BCUT2D eigenvalue weighted by atomic mass is 10.2. The van der Waals surface area contributed by atoms with Crippen LogP contribution in [0.1, 0.15) is 5.56 Å². The Balaban J connectivity index is 1.62. The van der Waals surface area contributed by atoms with Crippen LogP contribution < -0.4 is 9.62 Å². The fraction of sp³-hybridized carbons (Fsp3) is 0.278. The molecule has 138 valence electrons. The fourth-order valence-corrected chi connectivity index (χ4v) is 3.95. The third-order valence-electron chi connectivity index (χ3n) is 4.04. The van der Waals surface area contributed by atoms with E-state index >= 15 is 0 Å². The Morgan fingerprint density at radius 1 is 1.15 bits per heavy atom. The van der Waals surface area contributed by atoms with Crippen molar-refractivity contribution in [2.24, 2.45) is 0 Å². The summed E-state index contributed by atoms with van der Waals surface area (Å²) in [6.07, 6.45) is 0.542. The molecule has 1 amide bonds. The lowest BCUT2D eigenvalue weighted by Crippen LogP contribution is -2.41. The van der Waals surface area contributed by atoms with Gasteiger partial charge in [0, 0.05) is 23.8 Å². The maximum atomic E-state index is 12.4. The average Bonchev–Trinajstić information content (AvgIpc) is 2.62. The third kappa shape index (κ3) is 4.62. The Labute approximate surface area is 157 Å². The van der Waals surface area contributed by atoms with Crippen molar-refractivity contribution in [3.05, 3.63) is 59.1 Å². The van der Waals surface area contributed by atoms with Gasteiger partial charge in [0.25, 0.3) is 5.91 Å². The predicted molar refractivity (Wildman–Crippen MR) is 100.0 cm³/mol. The molecule has 3 rings (SSSR count). The maximum Gasteiger partial charge on any atom is 0.253 e. The van der Waals surface area contributed by atoms with Gasteiger partial charge in [-0.3, -0.25) is 4.79 Å². The largest absolute Gasteiger partial charge is 0.370 e. The van der Waals surface area contributed by atoms with Crippen LogP contribution in [0.15, 0.2) is 53.4 Å². The van der Waals surface area contributed by atoms with Gasteiger partial charge in [0.1, 0.15) is 6.61 Å². The highest BCUT2D eigenvalue weighted by Crippen LogP contribution is 2.19. The van der Waals surface area contributed by atoms with Crippen molar-refractivity contribution >= 4 is 33.2 Å². The van der Waals surface area contributed by atoms with Crippen LogP contribution in [0, 0.1) is 0 Å². The standard InChI is InChI=1S/C18H19ClN2O4S/c19-15-3-1-2-14(12-15)8-9-20-26(23,24)17-6-4-16(5-7-17)21-10-11-25-13-18(21)22/h1-7,12,20H,8-11,13H2. The van der Waals surface area contributed by atoms with Crippen molar-refractivity contribution < 1.29 is 17.9 Å². The normalized spacial score (nSPS) is 15.3. The van der Waals surface area contributed by atoms with Gasteiger partial charge in [-0.1, -0.05) is 23.7 Å². The molecule has 0 aliphatic carbocycles. The number of morpholine rings is 1. The molecule has 0 radical (unpaired) electrons. The number of sulfonamides is 1. The van der Waals surface area contributed by atoms with E-state index in [9.17, 15) is 13.2 Å². The Bertz CT molecular complexity index is 884. The molecule has 0 spiro atoms. The molecule has 0 atom stereocenters. The first kappa shape index (κ1) is 18.8. The summed E-state index contributed by atoms with van der Waals surface area (Å²) in [4.78, 5) is 13.6. The average molecular weight is 395 g/mol. The zero-order valence-electron chi connectivity index (χ0n) is 14.0. The highest BCUT2D eigenvalue weighted by atomic mass is 35.5. The molecule has 2 aromatic carbocycles. The van der Waals surface area contributed by atoms with Crippen LogP contribution in [0.3, 0.4) is 0 Å². The SMILES string of the molecule is O=C1COCCN1c1ccc(S(=O)(=O)NCCc2cccc(Cl)c2)cc1. The van der Waals surface area contributed by atoms with Gasteiger partial charge in [-0.2, -0.15) is 0 Å². The van der Waals surface area contributed by atoms with Crippen LogP contribution in [-0.2, 0) is 26.0 Å². The quantitative estimate of drug-likeness (QED) is 0.815. The van der Waals surface area contributed by atoms with Gasteiger partial charge in [0.2, 0.25) is 10.0 Å². The minimum Gasteiger partial charge on any atom is -0.370 e. The Kier molecular flexibility index (Phi) is 5.93. The summed E-state index contributed by atoms with van der Waals surface area (Å²) in [5, 5.41) is 0.624. The maximum absolute atomic E-state index is 12.4. The molecule has 2 aromatic rings. The van der Waals surface area contributed by atoms with Crippen molar-refractivity contribution in [1.82, 2.24) is 4.72 Å². The summed E-state index contributed by atoms with van der Waals surface area (Å²) in [6.45, 7) is 1.25. The molecular weight excluding hydrogens is 376 g/mol. The van der Waals surface area contributed by atoms with Crippen molar-refractivity contribution in [2.45, 2.75) is 11.3 Å². The number of anilines is 1. The Hall–Kier alpha value is -1.93. The molecule has 8 heteroatoms. The second-order valence-corrected chi connectivity index (χ2v) is 8.07. The van der Waals surface area contributed by atoms with Gasteiger partial charge in [-0.05, 0) is 48.4 Å². The Morgan fingerprint density at radius 3 is 2.62 bits per heavy atom. The van der Waals surface area contributed by atoms with Gasteiger partial charge in [0.05, 0.1) is 11.5 Å². The van der Waals surface area contributed by atoms with Crippen molar-refractivity contribution in [3.8, 4) is 0 Å². The molecule has 6 nitrogen and oxygen atoms in total. The first-order valence-corrected chi connectivity index (χ1v) is 10.0. The number of rotatable bonds is 6. The molecule has 1 aliphatic rings. The number of hydrogen-bond donors (Lipinski definition) is 1. The second-order valence-electron chi connectivity index (χ2n) is 5.87. The van der Waals surface area contributed by atoms with Crippen molar-refractivity contribution in [1.29, 1.82) is 0 Å². The number of benzene rings is 2. The smallest absolute Gasteiger partial charge is 0.253 e. The summed E-state index contributed by atoms with van der Waals surface area (Å²) in [6, 6.07) is 13.6. The van der Waals surface area contributed by atoms with E-state index in [2.05, 4.69) is 4.72 Å². The van der Waals surface area contributed by atoms with Gasteiger partial charge >= 0.3 is 0 Å². The lowest BCUT2D eigenvalue weighted by Gasteiger charge is -2.26. The molecule has 0 saturated carbocycles. The van der Waals surface area contributed by atoms with Crippen LogP contribution in [0.25, 0.3) is 0 Å². The minimum atomic E-state index is -3.61. The van der Waals surface area contributed by atoms with Crippen LogP contribution in [0.2, 0.25) is 5.02 Å². The van der Waals surface area contributed by atoms with Crippen molar-refractivity contribution in [3.63, 3.8) is 0 Å². The van der Waals surface area contributed by atoms with Crippen LogP contribution in [-0.4, -0.2) is 40.6 Å². The summed E-state index contributed by atoms with van der Waals surface area (Å²) in [5.74, 6) is -0.133. The lowest BCUT2D eigenvalue weighted by molar-refractivity contribution is -0.125. The number of hydrogen-bond acceptors (Lipinski definition) is 4. The minimum absolute atomic E-state index is 0.0467. The molecule has 1 N–H and O–H groups in total. The molecule has 1 heterocycles. The first-order chi connectivity index (χ1) is 12.5. The van der Waals surface area contributed by atoms with Crippen LogP contribution >= 0.6 is 11.6 Å². The fourth-order valence-electron chi connectivity index (χ4n) is 2.70. The molecule has 1 saturated heterocycles. The van der Waals surface area contributed by atoms with Crippen LogP contribution in [0.5, 0.6) is 0 Å². The zero-order chi connectivity index (χ0) is 18.6. The molecule has 1 aliphatic heterocycles. The summed E-state index contributed by atoms with van der Waals surface area (Å²) in [5.41, 5.74) is 1.62. The number of halogens is 1. The first-order valence-electron chi connectivity index (χ1n) is 8.18. The van der Waals surface area contributed by atoms with E-state index < -0.39 is 10.0 Å². The number of nitrogens with one attached hydrogen (secondary N) is 1. The highest BCUT2D eigenvalue weighted by Gasteiger charge is 2.21. The zero-order valence-corrected chi connectivity index (χ0v) is 15.6. The van der Waals surface area contributed by atoms with Gasteiger partial charge in [-0.15, -0.1) is 0 Å². The van der Waals surface area contributed by atoms with Crippen molar-refractivity contribution in [2.75, 3.05) is 31.2 Å². The summed E-state index contributed by atoms with van der Waals surface area (Å²) < 4.78 is 32.5. The van der Waals surface area contributed by atoms with E-state index in [1.807, 2.05) is 18.2 Å². The molecule has 0 bridgehead atoms. The third-order valence-corrected chi connectivity index (χ3v) is 5.75. The van der Waals surface area contributed by atoms with E-state index in [0.717, 1.165) is 5.56 Å². The van der Waals surface area contributed by atoms with Gasteiger partial charge in [0.15, 0.2) is 0 Å². The molecule has 0 unspecified atom stereocenters. The summed E-state index contributed by atoms with van der Waals surface area (Å²) >= 11 is 5.92. The number of amides is 1. The molecule has 1 fully saturated rings. The van der Waals surface area contributed by atoms with E-state index in [0.29, 0.717) is 30.3 Å². The van der Waals surface area contributed by atoms with E-state index in [1.165, 1.54) is 12.1 Å². The summed E-state index contributed by atoms with van der Waals surface area (Å²) in [7, 11) is -3.61. The molecular formula is C18H19ClN2O4S. The van der Waals surface area contributed by atoms with Gasteiger partial charge in [-0.25, -0.2) is 13.1 Å². The topological polar surface area (TPSA) is 75.7 Å². The van der Waals surface area contributed by atoms with Gasteiger partial charge < -0.3 is 9.64 Å². The van der Waals surface area contributed by atoms with E-state index in [4.69, 9.17) is 16.3 Å². The van der Waals surface area contributed by atoms with E-state index in [-0.39, 0.29) is 24.0 Å². The molecule has 0 aromatic heterocycles. The van der Waals surface area contributed by atoms with Crippen LogP contribution in [0.4, 0.5) is 5.69 Å². The number of nitrogens with zero attached hydrogens (tertiary/aromatic N) is 1. The number of ether oxygens (including phenoxy) is 1. The second kappa shape index (κ2) is 8.18.